The van der Waals surface area contributed by atoms with Crippen molar-refractivity contribution in [2.45, 2.75) is 39.7 Å². The predicted molar refractivity (Wildman–Crippen MR) is 164 cm³/mol. The third-order valence-electron chi connectivity index (χ3n) is 8.36. The van der Waals surface area contributed by atoms with Crippen LogP contribution in [0.25, 0.3) is 22.3 Å². The third-order valence-corrected chi connectivity index (χ3v) is 10.3. The second-order valence-electron chi connectivity index (χ2n) is 11.1. The van der Waals surface area contributed by atoms with Gasteiger partial charge < -0.3 is 9.80 Å². The lowest BCUT2D eigenvalue weighted by atomic mass is 10.0. The van der Waals surface area contributed by atoms with E-state index < -0.39 is 9.84 Å². The van der Waals surface area contributed by atoms with Gasteiger partial charge in [0, 0.05) is 42.5 Å². The molecule has 6 rings (SSSR count). The van der Waals surface area contributed by atoms with Crippen LogP contribution in [-0.4, -0.2) is 71.7 Å². The Kier molecular flexibility index (Phi) is 7.28. The number of hydrogen-bond acceptors (Lipinski definition) is 6. The molecule has 2 fully saturated rings. The molecule has 0 N–H and O–H groups in total. The molecule has 1 amide bonds. The molecule has 10 heteroatoms. The standard InChI is InChI=1S/C31H34ClN5O3S/c1-4-22-6-8-23(9-7-22)27-18-26(29-21(3)34-37(30(29)33-27)25-11-16-41(39,40)19-25)31(38)36-14-12-35(13-15-36)28-17-24(32)10-5-20(28)2/h5-10,17-18,25H,4,11-16,19H2,1-3H3. The first-order valence-corrected chi connectivity index (χ1v) is 16.3. The molecule has 1 atom stereocenters. The number of anilines is 1. The number of amides is 1. The molecule has 8 nitrogen and oxygen atoms in total. The number of halogens is 1. The zero-order valence-electron chi connectivity index (χ0n) is 23.6. The summed E-state index contributed by atoms with van der Waals surface area (Å²) < 4.78 is 26.4. The minimum absolute atomic E-state index is 0.0362. The van der Waals surface area contributed by atoms with Gasteiger partial charge >= 0.3 is 0 Å². The highest BCUT2D eigenvalue weighted by Crippen LogP contribution is 2.33. The van der Waals surface area contributed by atoms with Crippen molar-refractivity contribution in [2.75, 3.05) is 42.6 Å². The summed E-state index contributed by atoms with van der Waals surface area (Å²) in [5.41, 5.74) is 6.86. The SMILES string of the molecule is CCc1ccc(-c2cc(C(=O)N3CCN(c4cc(Cl)ccc4C)CC3)c3c(C)nn(C4CCS(=O)(=O)C4)c3n2)cc1. The van der Waals surface area contributed by atoms with Crippen molar-refractivity contribution < 1.29 is 13.2 Å². The number of pyridine rings is 1. The monoisotopic (exact) mass is 591 g/mol. The molecular weight excluding hydrogens is 558 g/mol. The van der Waals surface area contributed by atoms with E-state index in [9.17, 15) is 13.2 Å². The van der Waals surface area contributed by atoms with Crippen molar-refractivity contribution >= 4 is 44.1 Å². The van der Waals surface area contributed by atoms with Crippen LogP contribution in [-0.2, 0) is 16.3 Å². The molecule has 2 saturated heterocycles. The third kappa shape index (κ3) is 5.33. The van der Waals surface area contributed by atoms with E-state index in [1.807, 2.05) is 48.2 Å². The second kappa shape index (κ2) is 10.8. The molecule has 2 aromatic carbocycles. The van der Waals surface area contributed by atoms with E-state index in [1.54, 1.807) is 4.68 Å². The van der Waals surface area contributed by atoms with Crippen LogP contribution >= 0.6 is 11.6 Å². The van der Waals surface area contributed by atoms with Crippen LogP contribution in [0.3, 0.4) is 0 Å². The number of rotatable bonds is 5. The van der Waals surface area contributed by atoms with Gasteiger partial charge in [-0.05, 0) is 56.0 Å². The van der Waals surface area contributed by atoms with Gasteiger partial charge in [-0.25, -0.2) is 18.1 Å². The molecule has 41 heavy (non-hydrogen) atoms. The number of hydrogen-bond donors (Lipinski definition) is 0. The number of sulfone groups is 1. The first kappa shape index (κ1) is 27.7. The van der Waals surface area contributed by atoms with Crippen LogP contribution in [0.2, 0.25) is 5.02 Å². The van der Waals surface area contributed by atoms with E-state index in [4.69, 9.17) is 21.7 Å². The summed E-state index contributed by atoms with van der Waals surface area (Å²) in [6.45, 7) is 8.60. The van der Waals surface area contributed by atoms with Crippen molar-refractivity contribution in [1.29, 1.82) is 0 Å². The Morgan fingerprint density at radius 1 is 1.02 bits per heavy atom. The van der Waals surface area contributed by atoms with Crippen LogP contribution in [0.5, 0.6) is 0 Å². The van der Waals surface area contributed by atoms with Gasteiger partial charge in [0.2, 0.25) is 0 Å². The van der Waals surface area contributed by atoms with Crippen LogP contribution in [0.15, 0.2) is 48.5 Å². The van der Waals surface area contributed by atoms with Crippen molar-refractivity contribution in [3.05, 3.63) is 75.9 Å². The highest BCUT2D eigenvalue weighted by atomic mass is 35.5. The Morgan fingerprint density at radius 2 is 1.76 bits per heavy atom. The highest BCUT2D eigenvalue weighted by molar-refractivity contribution is 7.91. The molecule has 4 heterocycles. The first-order chi connectivity index (χ1) is 19.6. The van der Waals surface area contributed by atoms with E-state index in [0.717, 1.165) is 23.2 Å². The normalized spacial score (nSPS) is 18.8. The van der Waals surface area contributed by atoms with Gasteiger partial charge in [0.15, 0.2) is 15.5 Å². The Labute approximate surface area is 245 Å². The van der Waals surface area contributed by atoms with E-state index >= 15 is 0 Å². The number of aryl methyl sites for hydroxylation is 3. The lowest BCUT2D eigenvalue weighted by molar-refractivity contribution is 0.0748. The smallest absolute Gasteiger partial charge is 0.254 e. The molecule has 0 saturated carbocycles. The average Bonchev–Trinajstić information content (AvgIpc) is 3.51. The van der Waals surface area contributed by atoms with Crippen molar-refractivity contribution in [3.8, 4) is 11.3 Å². The summed E-state index contributed by atoms with van der Waals surface area (Å²) in [5.74, 6) is 0.111. The topological polar surface area (TPSA) is 88.4 Å². The van der Waals surface area contributed by atoms with Crippen molar-refractivity contribution in [3.63, 3.8) is 0 Å². The van der Waals surface area contributed by atoms with E-state index in [-0.39, 0.29) is 23.5 Å². The first-order valence-electron chi connectivity index (χ1n) is 14.1. The van der Waals surface area contributed by atoms with E-state index in [1.165, 1.54) is 5.56 Å². The van der Waals surface area contributed by atoms with Crippen LogP contribution in [0, 0.1) is 13.8 Å². The molecule has 0 bridgehead atoms. The summed E-state index contributed by atoms with van der Waals surface area (Å²) in [4.78, 5) is 23.3. The largest absolute Gasteiger partial charge is 0.368 e. The van der Waals surface area contributed by atoms with Crippen LogP contribution < -0.4 is 4.90 Å². The molecule has 2 aliphatic rings. The zero-order valence-corrected chi connectivity index (χ0v) is 25.2. The van der Waals surface area contributed by atoms with Crippen LogP contribution in [0.4, 0.5) is 5.69 Å². The van der Waals surface area contributed by atoms with Gasteiger partial charge in [0.1, 0.15) is 0 Å². The molecule has 2 aromatic heterocycles. The van der Waals surface area contributed by atoms with Gasteiger partial charge in [0.05, 0.1) is 39.9 Å². The maximum Gasteiger partial charge on any atom is 0.254 e. The quantitative estimate of drug-likeness (QED) is 0.315. The fraction of sp³-hybridized carbons (Fsp3) is 0.387. The Hall–Kier alpha value is -3.43. The highest BCUT2D eigenvalue weighted by Gasteiger charge is 2.33. The summed E-state index contributed by atoms with van der Waals surface area (Å²) in [6, 6.07) is 15.7. The van der Waals surface area contributed by atoms with Crippen molar-refractivity contribution in [1.82, 2.24) is 19.7 Å². The van der Waals surface area contributed by atoms with Gasteiger partial charge in [-0.15, -0.1) is 0 Å². The summed E-state index contributed by atoms with van der Waals surface area (Å²) in [5, 5.41) is 6.15. The second-order valence-corrected chi connectivity index (χ2v) is 13.8. The lowest BCUT2D eigenvalue weighted by Gasteiger charge is -2.37. The number of carbonyl (C=O) groups excluding carboxylic acids is 1. The average molecular weight is 592 g/mol. The number of nitrogens with zero attached hydrogens (tertiary/aromatic N) is 5. The number of carbonyl (C=O) groups is 1. The predicted octanol–water partition coefficient (Wildman–Crippen LogP) is 5.25. The minimum Gasteiger partial charge on any atom is -0.368 e. The minimum atomic E-state index is -3.13. The van der Waals surface area contributed by atoms with Crippen molar-refractivity contribution in [2.24, 2.45) is 0 Å². The van der Waals surface area contributed by atoms with Crippen LogP contribution in [0.1, 0.15) is 46.6 Å². The molecule has 2 aliphatic heterocycles. The summed E-state index contributed by atoms with van der Waals surface area (Å²) in [7, 11) is -3.13. The van der Waals surface area contributed by atoms with E-state index in [0.29, 0.717) is 65.6 Å². The summed E-state index contributed by atoms with van der Waals surface area (Å²) >= 11 is 6.27. The molecule has 1 unspecified atom stereocenters. The Balaban J connectivity index is 1.38. The maximum atomic E-state index is 14.2. The number of piperazine rings is 1. The molecule has 0 spiro atoms. The maximum absolute atomic E-state index is 14.2. The zero-order chi connectivity index (χ0) is 28.9. The number of benzene rings is 2. The van der Waals surface area contributed by atoms with Gasteiger partial charge in [-0.2, -0.15) is 5.10 Å². The van der Waals surface area contributed by atoms with Gasteiger partial charge in [-0.3, -0.25) is 4.79 Å². The Bertz CT molecular complexity index is 1740. The van der Waals surface area contributed by atoms with Gasteiger partial charge in [-0.1, -0.05) is 48.9 Å². The fourth-order valence-corrected chi connectivity index (χ4v) is 7.87. The lowest BCUT2D eigenvalue weighted by Crippen LogP contribution is -2.49. The van der Waals surface area contributed by atoms with E-state index in [2.05, 4.69) is 30.9 Å². The summed E-state index contributed by atoms with van der Waals surface area (Å²) in [6.07, 6.45) is 1.42. The molecule has 214 valence electrons. The molecular formula is C31H34ClN5O3S. The fourth-order valence-electron chi connectivity index (χ4n) is 6.01. The molecule has 0 aliphatic carbocycles. The number of aromatic nitrogens is 3. The molecule has 0 radical (unpaired) electrons. The number of fused-ring (bicyclic) bond motifs is 1. The van der Waals surface area contributed by atoms with Gasteiger partial charge in [0.25, 0.3) is 5.91 Å². The Morgan fingerprint density at radius 3 is 2.41 bits per heavy atom. The molecule has 4 aromatic rings.